The first-order chi connectivity index (χ1) is 11.1. The zero-order valence-corrected chi connectivity index (χ0v) is 13.7. The van der Waals surface area contributed by atoms with Gasteiger partial charge in [0, 0.05) is 12.5 Å². The highest BCUT2D eigenvalue weighted by Crippen LogP contribution is 2.27. The summed E-state index contributed by atoms with van der Waals surface area (Å²) < 4.78 is 5.79. The molecule has 3 heteroatoms. The molecule has 0 spiro atoms. The maximum absolute atomic E-state index is 12.6. The van der Waals surface area contributed by atoms with E-state index in [1.807, 2.05) is 62.4 Å². The van der Waals surface area contributed by atoms with Gasteiger partial charge in [0.05, 0.1) is 12.0 Å². The first kappa shape index (κ1) is 15.6. The molecule has 0 radical (unpaired) electrons. The fourth-order valence-corrected chi connectivity index (χ4v) is 2.97. The first-order valence-electron chi connectivity index (χ1n) is 8.12. The topological polar surface area (TPSA) is 38.3 Å². The van der Waals surface area contributed by atoms with E-state index in [4.69, 9.17) is 4.74 Å². The van der Waals surface area contributed by atoms with Crippen LogP contribution in [0.3, 0.4) is 0 Å². The average molecular weight is 309 g/mol. The molecule has 2 aromatic carbocycles. The summed E-state index contributed by atoms with van der Waals surface area (Å²) in [6, 6.07) is 18.0. The van der Waals surface area contributed by atoms with Crippen LogP contribution in [-0.2, 0) is 16.6 Å². The molecule has 1 amide bonds. The second kappa shape index (κ2) is 6.45. The van der Waals surface area contributed by atoms with Crippen LogP contribution >= 0.6 is 0 Å². The highest BCUT2D eigenvalue weighted by Gasteiger charge is 2.30. The van der Waals surface area contributed by atoms with E-state index < -0.39 is 5.41 Å². The van der Waals surface area contributed by atoms with Crippen molar-refractivity contribution < 1.29 is 9.53 Å². The molecule has 120 valence electrons. The first-order valence-corrected chi connectivity index (χ1v) is 8.12. The molecule has 0 bridgehead atoms. The molecular weight excluding hydrogens is 286 g/mol. The van der Waals surface area contributed by atoms with Gasteiger partial charge in [0.1, 0.15) is 5.75 Å². The molecule has 1 aliphatic heterocycles. The molecule has 1 N–H and O–H groups in total. The molecule has 0 saturated heterocycles. The summed E-state index contributed by atoms with van der Waals surface area (Å²) in [4.78, 5) is 12.6. The number of carbonyl (C=O) groups is 1. The van der Waals surface area contributed by atoms with E-state index in [-0.39, 0.29) is 5.91 Å². The molecular formula is C20H23NO2. The van der Waals surface area contributed by atoms with Crippen molar-refractivity contribution in [3.05, 3.63) is 65.7 Å². The molecule has 0 aromatic heterocycles. The second-order valence-corrected chi connectivity index (χ2v) is 6.69. The quantitative estimate of drug-likeness (QED) is 0.941. The number of carbonyl (C=O) groups excluding carboxylic acids is 1. The number of para-hydroxylation sites is 1. The normalized spacial score (nSPS) is 17.0. The number of rotatable bonds is 4. The lowest BCUT2D eigenvalue weighted by Gasteiger charge is -2.28. The Hall–Kier alpha value is -2.29. The van der Waals surface area contributed by atoms with Crippen molar-refractivity contribution in [2.75, 3.05) is 13.2 Å². The Morgan fingerprint density at radius 2 is 1.83 bits per heavy atom. The molecule has 2 aromatic rings. The summed E-state index contributed by atoms with van der Waals surface area (Å²) in [6.07, 6.45) is 0.947. The van der Waals surface area contributed by atoms with Crippen molar-refractivity contribution >= 4 is 5.91 Å². The highest BCUT2D eigenvalue weighted by molar-refractivity contribution is 5.87. The minimum absolute atomic E-state index is 0.0579. The van der Waals surface area contributed by atoms with Crippen molar-refractivity contribution in [1.82, 2.24) is 5.32 Å². The summed E-state index contributed by atoms with van der Waals surface area (Å²) in [7, 11) is 0. The molecule has 1 unspecified atom stereocenters. The summed E-state index contributed by atoms with van der Waals surface area (Å²) in [5.41, 5.74) is 1.72. The number of fused-ring (bicyclic) bond motifs is 1. The van der Waals surface area contributed by atoms with Crippen molar-refractivity contribution in [1.29, 1.82) is 0 Å². The van der Waals surface area contributed by atoms with Gasteiger partial charge in [-0.15, -0.1) is 0 Å². The van der Waals surface area contributed by atoms with Crippen molar-refractivity contribution in [3.63, 3.8) is 0 Å². The zero-order valence-electron chi connectivity index (χ0n) is 13.7. The predicted molar refractivity (Wildman–Crippen MR) is 91.6 cm³/mol. The Morgan fingerprint density at radius 1 is 1.13 bits per heavy atom. The smallest absolute Gasteiger partial charge is 0.230 e. The monoisotopic (exact) mass is 309 g/mol. The molecule has 0 fully saturated rings. The summed E-state index contributed by atoms with van der Waals surface area (Å²) in [5.74, 6) is 1.35. The van der Waals surface area contributed by atoms with E-state index >= 15 is 0 Å². The Balaban J connectivity index is 1.60. The van der Waals surface area contributed by atoms with Crippen LogP contribution in [0.1, 0.15) is 25.0 Å². The second-order valence-electron chi connectivity index (χ2n) is 6.69. The SMILES string of the molecule is CC(C)(C(=O)NCC1COc2ccccc2C1)c1ccccc1. The van der Waals surface area contributed by atoms with Crippen LogP contribution in [0.2, 0.25) is 0 Å². The van der Waals surface area contributed by atoms with Crippen LogP contribution in [0.5, 0.6) is 5.75 Å². The van der Waals surface area contributed by atoms with Gasteiger partial charge in [0.25, 0.3) is 0 Å². The summed E-state index contributed by atoms with van der Waals surface area (Å²) >= 11 is 0. The van der Waals surface area contributed by atoms with Crippen LogP contribution in [0.4, 0.5) is 0 Å². The van der Waals surface area contributed by atoms with Gasteiger partial charge in [-0.1, -0.05) is 48.5 Å². The molecule has 1 aliphatic rings. The van der Waals surface area contributed by atoms with Crippen molar-refractivity contribution in [3.8, 4) is 5.75 Å². The van der Waals surface area contributed by atoms with Gasteiger partial charge in [-0.25, -0.2) is 0 Å². The standard InChI is InChI=1S/C20H23NO2/c1-20(2,17-9-4-3-5-10-17)19(22)21-13-15-12-16-8-6-7-11-18(16)23-14-15/h3-11,15H,12-14H2,1-2H3,(H,21,22). The van der Waals surface area contributed by atoms with Gasteiger partial charge in [0.15, 0.2) is 0 Å². The van der Waals surface area contributed by atoms with Gasteiger partial charge in [0.2, 0.25) is 5.91 Å². The molecule has 23 heavy (non-hydrogen) atoms. The largest absolute Gasteiger partial charge is 0.493 e. The van der Waals surface area contributed by atoms with Crippen LogP contribution in [0.25, 0.3) is 0 Å². The lowest BCUT2D eigenvalue weighted by Crippen LogP contribution is -2.43. The van der Waals surface area contributed by atoms with Crippen LogP contribution in [0.15, 0.2) is 54.6 Å². The Bertz CT molecular complexity index is 679. The number of nitrogens with one attached hydrogen (secondary N) is 1. The number of ether oxygens (including phenoxy) is 1. The predicted octanol–water partition coefficient (Wildman–Crippen LogP) is 3.33. The fraction of sp³-hybridized carbons (Fsp3) is 0.350. The minimum Gasteiger partial charge on any atom is -0.493 e. The molecule has 1 heterocycles. The van der Waals surface area contributed by atoms with E-state index in [0.717, 1.165) is 17.7 Å². The highest BCUT2D eigenvalue weighted by atomic mass is 16.5. The summed E-state index contributed by atoms with van der Waals surface area (Å²) in [6.45, 7) is 5.22. The van der Waals surface area contributed by atoms with Gasteiger partial charge in [-0.05, 0) is 37.5 Å². The van der Waals surface area contributed by atoms with E-state index in [0.29, 0.717) is 19.1 Å². The van der Waals surface area contributed by atoms with Crippen LogP contribution in [0, 0.1) is 5.92 Å². The molecule has 0 saturated carbocycles. The molecule has 0 aliphatic carbocycles. The molecule has 3 nitrogen and oxygen atoms in total. The third kappa shape index (κ3) is 3.39. The van der Waals surface area contributed by atoms with Crippen LogP contribution < -0.4 is 10.1 Å². The average Bonchev–Trinajstić information content (AvgIpc) is 2.60. The lowest BCUT2D eigenvalue weighted by atomic mass is 9.83. The molecule has 3 rings (SSSR count). The molecule has 1 atom stereocenters. The van der Waals surface area contributed by atoms with Crippen molar-refractivity contribution in [2.45, 2.75) is 25.7 Å². The van der Waals surface area contributed by atoms with Crippen LogP contribution in [-0.4, -0.2) is 19.1 Å². The summed E-state index contributed by atoms with van der Waals surface area (Å²) in [5, 5.41) is 3.10. The number of amides is 1. The Kier molecular flexibility index (Phi) is 4.37. The minimum atomic E-state index is -0.533. The van der Waals surface area contributed by atoms with Gasteiger partial charge >= 0.3 is 0 Å². The van der Waals surface area contributed by atoms with Gasteiger partial charge in [-0.3, -0.25) is 4.79 Å². The fourth-order valence-electron chi connectivity index (χ4n) is 2.97. The number of hydrogen-bond donors (Lipinski definition) is 1. The lowest BCUT2D eigenvalue weighted by molar-refractivity contribution is -0.125. The Morgan fingerprint density at radius 3 is 2.61 bits per heavy atom. The van der Waals surface area contributed by atoms with E-state index in [1.165, 1.54) is 5.56 Å². The third-order valence-corrected chi connectivity index (χ3v) is 4.57. The third-order valence-electron chi connectivity index (χ3n) is 4.57. The van der Waals surface area contributed by atoms with E-state index in [9.17, 15) is 4.79 Å². The maximum atomic E-state index is 12.6. The Labute approximate surface area is 137 Å². The van der Waals surface area contributed by atoms with E-state index in [1.54, 1.807) is 0 Å². The van der Waals surface area contributed by atoms with Gasteiger partial charge < -0.3 is 10.1 Å². The van der Waals surface area contributed by atoms with Gasteiger partial charge in [-0.2, -0.15) is 0 Å². The number of benzene rings is 2. The number of hydrogen-bond acceptors (Lipinski definition) is 2. The van der Waals surface area contributed by atoms with E-state index in [2.05, 4.69) is 11.4 Å². The maximum Gasteiger partial charge on any atom is 0.230 e. The zero-order chi connectivity index (χ0) is 16.3. The van der Waals surface area contributed by atoms with Crippen molar-refractivity contribution in [2.24, 2.45) is 5.92 Å².